The third-order valence-electron chi connectivity index (χ3n) is 4.97. The summed E-state index contributed by atoms with van der Waals surface area (Å²) < 4.78 is 31.4. The lowest BCUT2D eigenvalue weighted by Crippen LogP contribution is -2.58. The fourth-order valence-electron chi connectivity index (χ4n) is 3.62. The molecule has 0 aliphatic carbocycles. The van der Waals surface area contributed by atoms with Gasteiger partial charge < -0.3 is 4.74 Å². The van der Waals surface area contributed by atoms with Gasteiger partial charge in [0.15, 0.2) is 5.78 Å². The molecule has 1 amide bonds. The highest BCUT2D eigenvalue weighted by atomic mass is 32.2. The average Bonchev–Trinajstić information content (AvgIpc) is 2.54. The SMILES string of the molecule is CC(=O)NN1CCC2(CC1)Oc1ccc(NS(C)(=O)=O)cc1C(=O)C2C. The number of fused-ring (bicyclic) bond motifs is 1. The molecule has 1 atom stereocenters. The van der Waals surface area contributed by atoms with Gasteiger partial charge >= 0.3 is 0 Å². The summed E-state index contributed by atoms with van der Waals surface area (Å²) in [5.41, 5.74) is 2.89. The van der Waals surface area contributed by atoms with E-state index in [-0.39, 0.29) is 17.6 Å². The van der Waals surface area contributed by atoms with Crippen LogP contribution in [0.3, 0.4) is 0 Å². The molecule has 1 spiro atoms. The van der Waals surface area contributed by atoms with Crippen molar-refractivity contribution >= 4 is 27.4 Å². The van der Waals surface area contributed by atoms with E-state index in [0.29, 0.717) is 42.9 Å². The van der Waals surface area contributed by atoms with E-state index in [1.165, 1.54) is 13.0 Å². The summed E-state index contributed by atoms with van der Waals surface area (Å²) in [4.78, 5) is 24.1. The number of nitrogens with zero attached hydrogens (tertiary/aromatic N) is 1. The highest BCUT2D eigenvalue weighted by Crippen LogP contribution is 2.43. The number of carbonyl (C=O) groups excluding carboxylic acids is 2. The molecule has 1 saturated heterocycles. The molecule has 8 nitrogen and oxygen atoms in total. The monoisotopic (exact) mass is 381 g/mol. The maximum Gasteiger partial charge on any atom is 0.231 e. The van der Waals surface area contributed by atoms with Gasteiger partial charge in [-0.3, -0.25) is 19.7 Å². The number of hydrazine groups is 1. The minimum absolute atomic E-state index is 0.0589. The van der Waals surface area contributed by atoms with Gasteiger partial charge in [0.05, 0.1) is 17.7 Å². The van der Waals surface area contributed by atoms with Crippen LogP contribution in [0.1, 0.15) is 37.0 Å². The van der Waals surface area contributed by atoms with Gasteiger partial charge in [-0.1, -0.05) is 6.92 Å². The average molecular weight is 381 g/mol. The molecular formula is C17H23N3O5S. The van der Waals surface area contributed by atoms with Crippen LogP contribution in [0.15, 0.2) is 18.2 Å². The van der Waals surface area contributed by atoms with Gasteiger partial charge in [0.25, 0.3) is 0 Å². The minimum atomic E-state index is -3.42. The molecule has 2 N–H and O–H groups in total. The van der Waals surface area contributed by atoms with Crippen LogP contribution in [0.5, 0.6) is 5.75 Å². The van der Waals surface area contributed by atoms with Gasteiger partial charge in [0.2, 0.25) is 15.9 Å². The highest BCUT2D eigenvalue weighted by Gasteiger charge is 2.48. The summed E-state index contributed by atoms with van der Waals surface area (Å²) in [7, 11) is -3.42. The lowest BCUT2D eigenvalue weighted by atomic mass is 9.74. The number of carbonyl (C=O) groups is 2. The van der Waals surface area contributed by atoms with Crippen molar-refractivity contribution < 1.29 is 22.7 Å². The van der Waals surface area contributed by atoms with E-state index in [2.05, 4.69) is 10.1 Å². The lowest BCUT2D eigenvalue weighted by Gasteiger charge is -2.47. The van der Waals surface area contributed by atoms with Crippen molar-refractivity contribution in [2.24, 2.45) is 5.92 Å². The summed E-state index contributed by atoms with van der Waals surface area (Å²) in [5.74, 6) is -0.0645. The number of rotatable bonds is 3. The first kappa shape index (κ1) is 18.7. The summed E-state index contributed by atoms with van der Waals surface area (Å²) in [6, 6.07) is 4.74. The Morgan fingerprint density at radius 3 is 2.54 bits per heavy atom. The van der Waals surface area contributed by atoms with Gasteiger partial charge in [0, 0.05) is 38.5 Å². The standard InChI is InChI=1S/C17H23N3O5S/c1-11-16(22)14-10-13(19-26(3,23)24)4-5-15(14)25-17(11)6-8-20(9-7-17)18-12(2)21/h4-5,10-11,19H,6-9H2,1-3H3,(H,18,21). The molecule has 2 aliphatic rings. The second-order valence-corrected chi connectivity index (χ2v) is 8.74. The first-order valence-electron chi connectivity index (χ1n) is 8.47. The number of benzene rings is 1. The molecule has 2 heterocycles. The van der Waals surface area contributed by atoms with Crippen LogP contribution in [-0.4, -0.2) is 50.1 Å². The Morgan fingerprint density at radius 1 is 1.31 bits per heavy atom. The number of sulfonamides is 1. The van der Waals surface area contributed by atoms with E-state index in [0.717, 1.165) is 6.26 Å². The maximum absolute atomic E-state index is 12.9. The molecule has 1 aromatic carbocycles. The molecule has 1 fully saturated rings. The number of amides is 1. The largest absolute Gasteiger partial charge is 0.486 e. The fraction of sp³-hybridized carbons (Fsp3) is 0.529. The summed E-state index contributed by atoms with van der Waals surface area (Å²) in [6.45, 7) is 4.50. The number of hydrogen-bond acceptors (Lipinski definition) is 6. The molecule has 0 saturated carbocycles. The molecule has 2 aliphatic heterocycles. The molecule has 9 heteroatoms. The number of hydrogen-bond donors (Lipinski definition) is 2. The van der Waals surface area contributed by atoms with Gasteiger partial charge in [-0.2, -0.15) is 0 Å². The predicted molar refractivity (Wildman–Crippen MR) is 96.4 cm³/mol. The van der Waals surface area contributed by atoms with Gasteiger partial charge in [-0.25, -0.2) is 13.4 Å². The second-order valence-electron chi connectivity index (χ2n) is 6.99. The summed E-state index contributed by atoms with van der Waals surface area (Å²) >= 11 is 0. The lowest BCUT2D eigenvalue weighted by molar-refractivity contribution is -0.126. The first-order chi connectivity index (χ1) is 12.1. The zero-order valence-corrected chi connectivity index (χ0v) is 15.9. The minimum Gasteiger partial charge on any atom is -0.486 e. The molecular weight excluding hydrogens is 358 g/mol. The Bertz CT molecular complexity index is 844. The quantitative estimate of drug-likeness (QED) is 0.814. The highest BCUT2D eigenvalue weighted by molar-refractivity contribution is 7.92. The molecule has 0 radical (unpaired) electrons. The van der Waals surface area contributed by atoms with Crippen LogP contribution in [-0.2, 0) is 14.8 Å². The van der Waals surface area contributed by atoms with E-state index in [1.807, 2.05) is 11.9 Å². The van der Waals surface area contributed by atoms with Gasteiger partial charge in [0.1, 0.15) is 11.4 Å². The van der Waals surface area contributed by atoms with Crippen molar-refractivity contribution in [3.05, 3.63) is 23.8 Å². The predicted octanol–water partition coefficient (Wildman–Crippen LogP) is 1.15. The summed E-state index contributed by atoms with van der Waals surface area (Å²) in [6.07, 6.45) is 2.29. The van der Waals surface area contributed by atoms with Gasteiger partial charge in [-0.15, -0.1) is 0 Å². The molecule has 26 heavy (non-hydrogen) atoms. The van der Waals surface area contributed by atoms with Crippen LogP contribution >= 0.6 is 0 Å². The van der Waals surface area contributed by atoms with E-state index in [1.54, 1.807) is 12.1 Å². The Labute approximate surface area is 152 Å². The Hall–Kier alpha value is -2.13. The van der Waals surface area contributed by atoms with Crippen LogP contribution in [0.25, 0.3) is 0 Å². The van der Waals surface area contributed by atoms with E-state index >= 15 is 0 Å². The van der Waals surface area contributed by atoms with Crippen LogP contribution in [0.4, 0.5) is 5.69 Å². The number of piperidine rings is 1. The Balaban J connectivity index is 1.83. The number of ether oxygens (including phenoxy) is 1. The third kappa shape index (κ3) is 3.68. The van der Waals surface area contributed by atoms with Crippen molar-refractivity contribution in [3.8, 4) is 5.75 Å². The molecule has 0 aromatic heterocycles. The number of anilines is 1. The Morgan fingerprint density at radius 2 is 1.96 bits per heavy atom. The summed E-state index contributed by atoms with van der Waals surface area (Å²) in [5, 5.41) is 1.84. The van der Waals surface area contributed by atoms with Crippen molar-refractivity contribution in [1.29, 1.82) is 0 Å². The van der Waals surface area contributed by atoms with Crippen molar-refractivity contribution in [2.75, 3.05) is 24.1 Å². The van der Waals surface area contributed by atoms with Crippen LogP contribution < -0.4 is 14.9 Å². The molecule has 1 aromatic rings. The number of Topliss-reactive ketones (excluding diaryl/α,β-unsaturated/α-hetero) is 1. The van der Waals surface area contributed by atoms with E-state index < -0.39 is 15.6 Å². The molecule has 0 bridgehead atoms. The Kier molecular flexibility index (Phi) is 4.70. The van der Waals surface area contributed by atoms with Crippen molar-refractivity contribution in [2.45, 2.75) is 32.3 Å². The van der Waals surface area contributed by atoms with Crippen LogP contribution in [0, 0.1) is 5.92 Å². The van der Waals surface area contributed by atoms with Gasteiger partial charge in [-0.05, 0) is 18.2 Å². The maximum atomic E-state index is 12.9. The zero-order chi connectivity index (χ0) is 19.1. The molecule has 1 unspecified atom stereocenters. The van der Waals surface area contributed by atoms with Crippen molar-refractivity contribution in [3.63, 3.8) is 0 Å². The van der Waals surface area contributed by atoms with E-state index in [4.69, 9.17) is 4.74 Å². The smallest absolute Gasteiger partial charge is 0.231 e. The molecule has 3 rings (SSSR count). The van der Waals surface area contributed by atoms with Crippen molar-refractivity contribution in [1.82, 2.24) is 10.4 Å². The normalized spacial score (nSPS) is 22.4. The number of ketones is 1. The topological polar surface area (TPSA) is 105 Å². The third-order valence-corrected chi connectivity index (χ3v) is 5.58. The van der Waals surface area contributed by atoms with E-state index in [9.17, 15) is 18.0 Å². The first-order valence-corrected chi connectivity index (χ1v) is 10.4. The molecule has 142 valence electrons. The fourth-order valence-corrected chi connectivity index (χ4v) is 4.18. The zero-order valence-electron chi connectivity index (χ0n) is 15.0. The van der Waals surface area contributed by atoms with Crippen LogP contribution in [0.2, 0.25) is 0 Å². The second kappa shape index (κ2) is 6.55. The number of nitrogens with one attached hydrogen (secondary N) is 2.